The highest BCUT2D eigenvalue weighted by Crippen LogP contribution is 2.28. The molecule has 0 aromatic heterocycles. The van der Waals surface area contributed by atoms with Gasteiger partial charge in [-0.2, -0.15) is 0 Å². The number of benzene rings is 1. The number of sulfone groups is 1. The number of nitrogens with zero attached hydrogens (tertiary/aromatic N) is 2. The minimum absolute atomic E-state index is 0.0206. The van der Waals surface area contributed by atoms with Crippen LogP contribution >= 0.6 is 0 Å². The lowest BCUT2D eigenvalue weighted by atomic mass is 10.0. The van der Waals surface area contributed by atoms with Gasteiger partial charge in [0.1, 0.15) is 5.75 Å². The van der Waals surface area contributed by atoms with Gasteiger partial charge in [0, 0.05) is 31.2 Å². The van der Waals surface area contributed by atoms with E-state index in [2.05, 4.69) is 11.0 Å². The number of fused-ring (bicyclic) bond motifs is 1. The number of aromatic hydroxyl groups is 1. The lowest BCUT2D eigenvalue weighted by Gasteiger charge is -2.43. The summed E-state index contributed by atoms with van der Waals surface area (Å²) in [6.45, 7) is 5.92. The summed E-state index contributed by atoms with van der Waals surface area (Å²) in [4.78, 5) is 16.7. The van der Waals surface area contributed by atoms with E-state index in [0.717, 1.165) is 0 Å². The SMILES string of the molecule is CC(C)=CCN1CCN(C(=O)c2ccc(O)cc2)[C@@H]2CS(=O)(=O)C[C@@H]21. The van der Waals surface area contributed by atoms with Crippen LogP contribution in [0.3, 0.4) is 0 Å². The van der Waals surface area contributed by atoms with Crippen LogP contribution in [0, 0.1) is 0 Å². The Hall–Kier alpha value is -1.86. The molecule has 1 amide bonds. The Labute approximate surface area is 148 Å². The van der Waals surface area contributed by atoms with Crippen LogP contribution in [0.5, 0.6) is 5.75 Å². The third kappa shape index (κ3) is 3.88. The van der Waals surface area contributed by atoms with Crippen molar-refractivity contribution in [3.8, 4) is 5.75 Å². The van der Waals surface area contributed by atoms with Gasteiger partial charge in [-0.3, -0.25) is 9.69 Å². The summed E-state index contributed by atoms with van der Waals surface area (Å²) in [6.07, 6.45) is 2.10. The number of amides is 1. The number of piperazine rings is 1. The first-order valence-corrected chi connectivity index (χ1v) is 10.3. The van der Waals surface area contributed by atoms with Gasteiger partial charge in [0.15, 0.2) is 9.84 Å². The molecular formula is C18H24N2O4S. The average molecular weight is 364 g/mol. The van der Waals surface area contributed by atoms with Crippen LogP contribution in [0.2, 0.25) is 0 Å². The number of phenolic OH excluding ortho intramolecular Hbond substituents is 1. The smallest absolute Gasteiger partial charge is 0.254 e. The summed E-state index contributed by atoms with van der Waals surface area (Å²) in [5.41, 5.74) is 1.67. The second-order valence-corrected chi connectivity index (χ2v) is 9.19. The molecule has 3 rings (SSSR count). The molecule has 2 aliphatic rings. The topological polar surface area (TPSA) is 77.9 Å². The van der Waals surface area contributed by atoms with Crippen molar-refractivity contribution >= 4 is 15.7 Å². The average Bonchev–Trinajstić information content (AvgIpc) is 2.87. The van der Waals surface area contributed by atoms with Gasteiger partial charge in [-0.25, -0.2) is 8.42 Å². The van der Waals surface area contributed by atoms with Crippen molar-refractivity contribution in [3.05, 3.63) is 41.5 Å². The van der Waals surface area contributed by atoms with Crippen molar-refractivity contribution in [3.63, 3.8) is 0 Å². The fraction of sp³-hybridized carbons (Fsp3) is 0.500. The molecule has 0 aliphatic carbocycles. The second kappa shape index (κ2) is 6.80. The second-order valence-electron chi connectivity index (χ2n) is 7.03. The number of phenols is 1. The maximum Gasteiger partial charge on any atom is 0.254 e. The van der Waals surface area contributed by atoms with Gasteiger partial charge < -0.3 is 10.0 Å². The van der Waals surface area contributed by atoms with E-state index < -0.39 is 9.84 Å². The summed E-state index contributed by atoms with van der Waals surface area (Å²) < 4.78 is 24.4. The third-order valence-electron chi connectivity index (χ3n) is 4.90. The molecule has 0 spiro atoms. The highest BCUT2D eigenvalue weighted by atomic mass is 32.2. The van der Waals surface area contributed by atoms with E-state index in [1.807, 2.05) is 13.8 Å². The van der Waals surface area contributed by atoms with Gasteiger partial charge in [-0.15, -0.1) is 0 Å². The highest BCUT2D eigenvalue weighted by molar-refractivity contribution is 7.91. The predicted molar refractivity (Wildman–Crippen MR) is 96.4 cm³/mol. The third-order valence-corrected chi connectivity index (χ3v) is 6.60. The minimum atomic E-state index is -3.15. The zero-order valence-corrected chi connectivity index (χ0v) is 15.4. The van der Waals surface area contributed by atoms with Crippen LogP contribution in [0.15, 0.2) is 35.9 Å². The number of allylic oxidation sites excluding steroid dienone is 1. The molecule has 2 atom stereocenters. The van der Waals surface area contributed by atoms with Gasteiger partial charge in [0.25, 0.3) is 5.91 Å². The van der Waals surface area contributed by atoms with Gasteiger partial charge in [0.05, 0.1) is 17.5 Å². The Kier molecular flexibility index (Phi) is 4.88. The minimum Gasteiger partial charge on any atom is -0.508 e. The van der Waals surface area contributed by atoms with Crippen molar-refractivity contribution in [1.29, 1.82) is 0 Å². The van der Waals surface area contributed by atoms with Crippen LogP contribution in [-0.2, 0) is 9.84 Å². The number of hydrogen-bond donors (Lipinski definition) is 1. The van der Waals surface area contributed by atoms with Crippen molar-refractivity contribution in [2.75, 3.05) is 31.1 Å². The molecule has 0 radical (unpaired) electrons. The lowest BCUT2D eigenvalue weighted by molar-refractivity contribution is 0.0368. The van der Waals surface area contributed by atoms with E-state index in [0.29, 0.717) is 25.2 Å². The first-order valence-electron chi connectivity index (χ1n) is 8.45. The molecule has 2 fully saturated rings. The highest BCUT2D eigenvalue weighted by Gasteiger charge is 2.47. The van der Waals surface area contributed by atoms with E-state index in [4.69, 9.17) is 0 Å². The summed E-state index contributed by atoms with van der Waals surface area (Å²) >= 11 is 0. The zero-order chi connectivity index (χ0) is 18.2. The van der Waals surface area contributed by atoms with E-state index in [1.165, 1.54) is 17.7 Å². The Morgan fingerprint density at radius 3 is 2.44 bits per heavy atom. The van der Waals surface area contributed by atoms with Crippen molar-refractivity contribution in [2.45, 2.75) is 25.9 Å². The maximum absolute atomic E-state index is 12.9. The van der Waals surface area contributed by atoms with Crippen LogP contribution in [0.1, 0.15) is 24.2 Å². The van der Waals surface area contributed by atoms with Gasteiger partial charge in [0.2, 0.25) is 0 Å². The molecule has 0 unspecified atom stereocenters. The van der Waals surface area contributed by atoms with Gasteiger partial charge in [-0.1, -0.05) is 11.6 Å². The Morgan fingerprint density at radius 1 is 1.16 bits per heavy atom. The lowest BCUT2D eigenvalue weighted by Crippen LogP contribution is -2.60. The Morgan fingerprint density at radius 2 is 1.80 bits per heavy atom. The molecule has 6 nitrogen and oxygen atoms in total. The fourth-order valence-electron chi connectivity index (χ4n) is 3.57. The number of carbonyl (C=O) groups excluding carboxylic acids is 1. The Bertz CT molecular complexity index is 782. The zero-order valence-electron chi connectivity index (χ0n) is 14.6. The van der Waals surface area contributed by atoms with Crippen LogP contribution in [0.4, 0.5) is 0 Å². The normalized spacial score (nSPS) is 25.4. The van der Waals surface area contributed by atoms with Crippen LogP contribution in [0.25, 0.3) is 0 Å². The largest absolute Gasteiger partial charge is 0.508 e. The molecule has 0 bridgehead atoms. The number of hydrogen-bond acceptors (Lipinski definition) is 5. The van der Waals surface area contributed by atoms with Gasteiger partial charge >= 0.3 is 0 Å². The molecule has 2 saturated heterocycles. The van der Waals surface area contributed by atoms with Crippen LogP contribution in [-0.4, -0.2) is 72.5 Å². The molecule has 136 valence electrons. The molecular weight excluding hydrogens is 340 g/mol. The predicted octanol–water partition coefficient (Wildman–Crippen LogP) is 1.28. The van der Waals surface area contributed by atoms with Gasteiger partial charge in [-0.05, 0) is 38.1 Å². The van der Waals surface area contributed by atoms with Crippen molar-refractivity contribution in [1.82, 2.24) is 9.80 Å². The monoisotopic (exact) mass is 364 g/mol. The van der Waals surface area contributed by atoms with Crippen LogP contribution < -0.4 is 0 Å². The molecule has 2 heterocycles. The van der Waals surface area contributed by atoms with Crippen molar-refractivity contribution < 1.29 is 18.3 Å². The first-order chi connectivity index (χ1) is 11.8. The fourth-order valence-corrected chi connectivity index (χ4v) is 5.59. The summed E-state index contributed by atoms with van der Waals surface area (Å²) in [5, 5.41) is 9.39. The standard InChI is InChI=1S/C18H24N2O4S/c1-13(2)7-8-19-9-10-20(17-12-25(23,24)11-16(17)19)18(22)14-3-5-15(21)6-4-14/h3-7,16-17,21H,8-12H2,1-2H3/t16-,17+/m0/s1. The van der Waals surface area contributed by atoms with E-state index in [1.54, 1.807) is 17.0 Å². The number of carbonyl (C=O) groups is 1. The summed E-state index contributed by atoms with van der Waals surface area (Å²) in [5.74, 6) is 0.0545. The van der Waals surface area contributed by atoms with E-state index in [-0.39, 0.29) is 35.2 Å². The molecule has 1 aromatic carbocycles. The molecule has 1 N–H and O–H groups in total. The molecule has 7 heteroatoms. The molecule has 2 aliphatic heterocycles. The Balaban J connectivity index is 1.84. The van der Waals surface area contributed by atoms with Crippen molar-refractivity contribution in [2.24, 2.45) is 0 Å². The summed E-state index contributed by atoms with van der Waals surface area (Å²) in [7, 11) is -3.15. The first kappa shape index (κ1) is 17.9. The molecule has 0 saturated carbocycles. The maximum atomic E-state index is 12.9. The summed E-state index contributed by atoms with van der Waals surface area (Å²) in [6, 6.07) is 5.63. The quantitative estimate of drug-likeness (QED) is 0.818. The number of rotatable bonds is 3. The molecule has 25 heavy (non-hydrogen) atoms. The molecule has 1 aromatic rings. The van der Waals surface area contributed by atoms with E-state index in [9.17, 15) is 18.3 Å². The van der Waals surface area contributed by atoms with E-state index >= 15 is 0 Å².